The first-order valence-corrected chi connectivity index (χ1v) is 10.7. The topological polar surface area (TPSA) is 64.1 Å². The molecule has 1 amide bonds. The second kappa shape index (κ2) is 6.67. The maximum atomic E-state index is 12.7. The molecular weight excluding hydrogens is 358 g/mol. The molecular formula is C21H25N3O2S. The predicted molar refractivity (Wildman–Crippen MR) is 105 cm³/mol. The maximum absolute atomic E-state index is 12.7. The molecule has 0 aliphatic heterocycles. The maximum Gasteiger partial charge on any atom is 0.257 e. The zero-order chi connectivity index (χ0) is 18.4. The van der Waals surface area contributed by atoms with E-state index in [0.29, 0.717) is 17.3 Å². The van der Waals surface area contributed by atoms with Gasteiger partial charge >= 0.3 is 0 Å². The van der Waals surface area contributed by atoms with Crippen molar-refractivity contribution in [2.75, 3.05) is 12.4 Å². The van der Waals surface area contributed by atoms with Crippen LogP contribution in [0.2, 0.25) is 0 Å². The average Bonchev–Trinajstić information content (AvgIpc) is 3.11. The number of hydrogen-bond acceptors (Lipinski definition) is 5. The number of aromatic nitrogens is 2. The van der Waals surface area contributed by atoms with Crippen LogP contribution < -0.4 is 5.32 Å². The summed E-state index contributed by atoms with van der Waals surface area (Å²) >= 11 is 1.58. The minimum atomic E-state index is -0.143. The molecule has 1 heterocycles. The van der Waals surface area contributed by atoms with Gasteiger partial charge in [0.15, 0.2) is 0 Å². The number of methoxy groups -OCH3 is 1. The number of carbonyl (C=O) groups is 1. The van der Waals surface area contributed by atoms with Gasteiger partial charge < -0.3 is 4.74 Å². The average molecular weight is 384 g/mol. The van der Waals surface area contributed by atoms with Gasteiger partial charge in [0.25, 0.3) is 5.91 Å². The van der Waals surface area contributed by atoms with Crippen molar-refractivity contribution in [2.45, 2.75) is 50.5 Å². The van der Waals surface area contributed by atoms with Crippen molar-refractivity contribution in [1.29, 1.82) is 0 Å². The Morgan fingerprint density at radius 2 is 1.81 bits per heavy atom. The van der Waals surface area contributed by atoms with E-state index < -0.39 is 0 Å². The molecule has 27 heavy (non-hydrogen) atoms. The van der Waals surface area contributed by atoms with Gasteiger partial charge in [-0.25, -0.2) is 0 Å². The summed E-state index contributed by atoms with van der Waals surface area (Å²) in [7, 11) is 1.64. The summed E-state index contributed by atoms with van der Waals surface area (Å²) in [5.41, 5.74) is 1.73. The van der Waals surface area contributed by atoms with E-state index >= 15 is 0 Å². The highest BCUT2D eigenvalue weighted by atomic mass is 32.1. The molecule has 142 valence electrons. The standard InChI is InChI=1S/C21H25N3O2S/c1-26-12-16-4-2-3-5-17(16)18(25)22-20-24-23-19(27-20)21-9-13-6-14(10-21)8-15(7-13)11-21/h2-5,13-15H,6-12H2,1H3,(H,22,24,25). The number of nitrogens with zero attached hydrogens (tertiary/aromatic N) is 2. The number of nitrogens with one attached hydrogen (secondary N) is 1. The predicted octanol–water partition coefficient (Wildman–Crippen LogP) is 4.40. The van der Waals surface area contributed by atoms with Crippen LogP contribution in [0.25, 0.3) is 0 Å². The smallest absolute Gasteiger partial charge is 0.257 e. The fraction of sp³-hybridized carbons (Fsp3) is 0.571. The molecule has 0 radical (unpaired) electrons. The number of carbonyl (C=O) groups excluding carboxylic acids is 1. The van der Waals surface area contributed by atoms with E-state index in [2.05, 4.69) is 15.5 Å². The third-order valence-electron chi connectivity index (χ3n) is 6.70. The first kappa shape index (κ1) is 17.3. The lowest BCUT2D eigenvalue weighted by Crippen LogP contribution is -2.48. The Labute approximate surface area is 163 Å². The van der Waals surface area contributed by atoms with E-state index in [1.54, 1.807) is 18.4 Å². The van der Waals surface area contributed by atoms with Crippen LogP contribution in [-0.4, -0.2) is 23.2 Å². The van der Waals surface area contributed by atoms with E-state index in [1.165, 1.54) is 38.5 Å². The van der Waals surface area contributed by atoms with Crippen molar-refractivity contribution in [3.05, 3.63) is 40.4 Å². The van der Waals surface area contributed by atoms with Crippen molar-refractivity contribution in [3.63, 3.8) is 0 Å². The molecule has 4 saturated carbocycles. The highest BCUT2D eigenvalue weighted by Gasteiger charge is 2.53. The zero-order valence-corrected chi connectivity index (χ0v) is 16.4. The molecule has 1 aromatic carbocycles. The molecule has 0 unspecified atom stereocenters. The Morgan fingerprint density at radius 1 is 1.15 bits per heavy atom. The molecule has 4 fully saturated rings. The SMILES string of the molecule is COCc1ccccc1C(=O)Nc1nnc(C23CC4CC(CC(C4)C2)C3)s1. The Balaban J connectivity index is 1.35. The summed E-state index contributed by atoms with van der Waals surface area (Å²) in [4.78, 5) is 12.7. The van der Waals surface area contributed by atoms with Gasteiger partial charge in [0.1, 0.15) is 5.01 Å². The van der Waals surface area contributed by atoms with Gasteiger partial charge in [0, 0.05) is 18.1 Å². The first-order chi connectivity index (χ1) is 13.1. The fourth-order valence-corrected chi connectivity index (χ4v) is 7.00. The molecule has 0 spiro atoms. The van der Waals surface area contributed by atoms with Crippen LogP contribution in [0.5, 0.6) is 0 Å². The van der Waals surface area contributed by atoms with Crippen LogP contribution in [0.15, 0.2) is 24.3 Å². The van der Waals surface area contributed by atoms with E-state index in [1.807, 2.05) is 24.3 Å². The Bertz CT molecular complexity index is 827. The quantitative estimate of drug-likeness (QED) is 0.831. The summed E-state index contributed by atoms with van der Waals surface area (Å²) in [6.45, 7) is 0.415. The number of hydrogen-bond donors (Lipinski definition) is 1. The summed E-state index contributed by atoms with van der Waals surface area (Å²) in [6, 6.07) is 7.53. The number of amides is 1. The van der Waals surface area contributed by atoms with Gasteiger partial charge in [-0.2, -0.15) is 0 Å². The minimum Gasteiger partial charge on any atom is -0.380 e. The van der Waals surface area contributed by atoms with Crippen LogP contribution in [0.4, 0.5) is 5.13 Å². The second-order valence-electron chi connectivity index (χ2n) is 8.65. The van der Waals surface area contributed by atoms with Crippen LogP contribution in [0.1, 0.15) is 59.5 Å². The monoisotopic (exact) mass is 383 g/mol. The third kappa shape index (κ3) is 3.09. The number of rotatable bonds is 5. The molecule has 4 aliphatic carbocycles. The molecule has 1 aromatic heterocycles. The lowest BCUT2D eigenvalue weighted by molar-refractivity contribution is -0.00555. The van der Waals surface area contributed by atoms with Gasteiger partial charge in [-0.15, -0.1) is 10.2 Å². The first-order valence-electron chi connectivity index (χ1n) is 9.87. The molecule has 4 bridgehead atoms. The molecule has 5 nitrogen and oxygen atoms in total. The van der Waals surface area contributed by atoms with Crippen LogP contribution in [0, 0.1) is 17.8 Å². The summed E-state index contributed by atoms with van der Waals surface area (Å²) in [5, 5.41) is 13.6. The van der Waals surface area contributed by atoms with Crippen LogP contribution in [0.3, 0.4) is 0 Å². The third-order valence-corrected chi connectivity index (χ3v) is 7.78. The molecule has 1 N–H and O–H groups in total. The van der Waals surface area contributed by atoms with Crippen molar-refractivity contribution in [3.8, 4) is 0 Å². The van der Waals surface area contributed by atoms with E-state index in [0.717, 1.165) is 28.3 Å². The number of benzene rings is 1. The number of anilines is 1. The Hall–Kier alpha value is -1.79. The van der Waals surface area contributed by atoms with Crippen molar-refractivity contribution in [1.82, 2.24) is 10.2 Å². The van der Waals surface area contributed by atoms with E-state index in [4.69, 9.17) is 4.74 Å². The van der Waals surface area contributed by atoms with Gasteiger partial charge in [-0.3, -0.25) is 10.1 Å². The molecule has 4 aliphatic rings. The largest absolute Gasteiger partial charge is 0.380 e. The number of ether oxygens (including phenoxy) is 1. The molecule has 6 heteroatoms. The van der Waals surface area contributed by atoms with E-state index in [9.17, 15) is 4.79 Å². The lowest BCUT2D eigenvalue weighted by atomic mass is 9.50. The van der Waals surface area contributed by atoms with Crippen LogP contribution in [-0.2, 0) is 16.8 Å². The fourth-order valence-electron chi connectivity index (χ4n) is 6.05. The summed E-state index contributed by atoms with van der Waals surface area (Å²) < 4.78 is 5.21. The zero-order valence-electron chi connectivity index (χ0n) is 15.6. The highest BCUT2D eigenvalue weighted by Crippen LogP contribution is 2.61. The Kier molecular flexibility index (Phi) is 4.28. The molecule has 0 atom stereocenters. The van der Waals surface area contributed by atoms with Gasteiger partial charge in [-0.1, -0.05) is 29.5 Å². The second-order valence-corrected chi connectivity index (χ2v) is 9.63. The van der Waals surface area contributed by atoms with Gasteiger partial charge in [-0.05, 0) is 67.9 Å². The van der Waals surface area contributed by atoms with Crippen molar-refractivity contribution < 1.29 is 9.53 Å². The Morgan fingerprint density at radius 3 is 2.48 bits per heavy atom. The molecule has 6 rings (SSSR count). The molecule has 2 aromatic rings. The van der Waals surface area contributed by atoms with Crippen LogP contribution >= 0.6 is 11.3 Å². The lowest BCUT2D eigenvalue weighted by Gasteiger charge is -2.55. The van der Waals surface area contributed by atoms with Crippen molar-refractivity contribution in [2.24, 2.45) is 17.8 Å². The molecule has 0 saturated heterocycles. The normalized spacial score (nSPS) is 31.2. The van der Waals surface area contributed by atoms with E-state index in [-0.39, 0.29) is 11.3 Å². The highest BCUT2D eigenvalue weighted by molar-refractivity contribution is 7.15. The summed E-state index contributed by atoms with van der Waals surface area (Å²) in [5.74, 6) is 2.48. The summed E-state index contributed by atoms with van der Waals surface area (Å²) in [6.07, 6.45) is 8.03. The van der Waals surface area contributed by atoms with Gasteiger partial charge in [0.05, 0.1) is 6.61 Å². The minimum absolute atomic E-state index is 0.143. The van der Waals surface area contributed by atoms with Gasteiger partial charge in [0.2, 0.25) is 5.13 Å². The van der Waals surface area contributed by atoms with Crippen molar-refractivity contribution >= 4 is 22.4 Å².